The van der Waals surface area contributed by atoms with Gasteiger partial charge in [-0.3, -0.25) is 4.79 Å². The van der Waals surface area contributed by atoms with Crippen LogP contribution in [0.4, 0.5) is 0 Å². The number of amides is 1. The summed E-state index contributed by atoms with van der Waals surface area (Å²) in [6.45, 7) is 6.69. The molecule has 15 heavy (non-hydrogen) atoms. The predicted octanol–water partition coefficient (Wildman–Crippen LogP) is 0.183. The molecule has 1 rings (SSSR count). The maximum Gasteiger partial charge on any atom is 0.233 e. The van der Waals surface area contributed by atoms with Gasteiger partial charge in [0.25, 0.3) is 0 Å². The van der Waals surface area contributed by atoms with E-state index in [-0.39, 0.29) is 12.5 Å². The van der Waals surface area contributed by atoms with Gasteiger partial charge in [0.05, 0.1) is 6.54 Å². The van der Waals surface area contributed by atoms with Crippen molar-refractivity contribution >= 4 is 5.91 Å². The Hall–Kier alpha value is -0.610. The van der Waals surface area contributed by atoms with Crippen LogP contribution in [0.15, 0.2) is 0 Å². The van der Waals surface area contributed by atoms with Gasteiger partial charge in [-0.2, -0.15) is 0 Å². The summed E-state index contributed by atoms with van der Waals surface area (Å²) >= 11 is 0. The number of carbonyl (C=O) groups is 1. The number of carbonyl (C=O) groups excluding carboxylic acids is 1. The Labute approximate surface area is 92.2 Å². The van der Waals surface area contributed by atoms with Gasteiger partial charge in [0.1, 0.15) is 0 Å². The summed E-state index contributed by atoms with van der Waals surface area (Å²) in [6, 6.07) is 0. The number of piperidine rings is 1. The average molecular weight is 213 g/mol. The number of nitrogens with zero attached hydrogens (tertiary/aromatic N) is 1. The monoisotopic (exact) mass is 213 g/mol. The van der Waals surface area contributed by atoms with Gasteiger partial charge >= 0.3 is 0 Å². The van der Waals surface area contributed by atoms with Crippen LogP contribution in [0, 0.1) is 5.92 Å². The van der Waals surface area contributed by atoms with Gasteiger partial charge in [-0.1, -0.05) is 6.92 Å². The van der Waals surface area contributed by atoms with Crippen molar-refractivity contribution in [3.8, 4) is 0 Å². The second-order valence-corrected chi connectivity index (χ2v) is 4.22. The number of hydrogen-bond donors (Lipinski definition) is 2. The van der Waals surface area contributed by atoms with Crippen LogP contribution in [0.3, 0.4) is 0 Å². The van der Waals surface area contributed by atoms with Crippen molar-refractivity contribution in [1.82, 2.24) is 10.2 Å². The van der Waals surface area contributed by atoms with E-state index in [1.807, 2.05) is 0 Å². The summed E-state index contributed by atoms with van der Waals surface area (Å²) < 4.78 is 0. The summed E-state index contributed by atoms with van der Waals surface area (Å²) in [5.74, 6) is 0.742. The molecule has 0 unspecified atom stereocenters. The molecule has 0 aromatic heterocycles. The van der Waals surface area contributed by atoms with Gasteiger partial charge < -0.3 is 16.0 Å². The van der Waals surface area contributed by atoms with E-state index in [0.717, 1.165) is 25.4 Å². The molecule has 0 radical (unpaired) electrons. The van der Waals surface area contributed by atoms with E-state index in [2.05, 4.69) is 17.1 Å². The molecule has 3 N–H and O–H groups in total. The molecule has 88 valence electrons. The zero-order valence-corrected chi connectivity index (χ0v) is 9.67. The molecular weight excluding hydrogens is 190 g/mol. The van der Waals surface area contributed by atoms with E-state index in [9.17, 15) is 4.79 Å². The van der Waals surface area contributed by atoms with Gasteiger partial charge in [-0.25, -0.2) is 0 Å². The van der Waals surface area contributed by atoms with E-state index in [1.54, 1.807) is 0 Å². The minimum atomic E-state index is -0.0407. The fourth-order valence-electron chi connectivity index (χ4n) is 2.08. The van der Waals surface area contributed by atoms with Crippen molar-refractivity contribution < 1.29 is 4.79 Å². The minimum Gasteiger partial charge on any atom is -0.355 e. The molecule has 0 aliphatic carbocycles. The molecule has 0 aromatic rings. The van der Waals surface area contributed by atoms with Crippen LogP contribution in [0.5, 0.6) is 0 Å². The van der Waals surface area contributed by atoms with Crippen molar-refractivity contribution in [2.24, 2.45) is 11.7 Å². The van der Waals surface area contributed by atoms with Crippen LogP contribution in [-0.4, -0.2) is 43.5 Å². The lowest BCUT2D eigenvalue weighted by Crippen LogP contribution is -2.36. The Morgan fingerprint density at radius 2 is 2.13 bits per heavy atom. The predicted molar refractivity (Wildman–Crippen MR) is 61.5 cm³/mol. The summed E-state index contributed by atoms with van der Waals surface area (Å²) in [6.07, 6.45) is 3.64. The lowest BCUT2D eigenvalue weighted by molar-refractivity contribution is -0.119. The topological polar surface area (TPSA) is 58.4 Å². The first-order valence-corrected chi connectivity index (χ1v) is 5.95. The molecule has 0 saturated carbocycles. The van der Waals surface area contributed by atoms with Gasteiger partial charge in [0, 0.05) is 6.54 Å². The quantitative estimate of drug-likeness (QED) is 0.685. The number of nitrogens with two attached hydrogens (primary N) is 1. The van der Waals surface area contributed by atoms with E-state index in [1.165, 1.54) is 25.9 Å². The van der Waals surface area contributed by atoms with E-state index in [0.29, 0.717) is 0 Å². The first kappa shape index (κ1) is 12.5. The molecule has 1 saturated heterocycles. The molecular formula is C11H23N3O. The largest absolute Gasteiger partial charge is 0.355 e. The van der Waals surface area contributed by atoms with Gasteiger partial charge in [-0.15, -0.1) is 0 Å². The van der Waals surface area contributed by atoms with E-state index < -0.39 is 0 Å². The van der Waals surface area contributed by atoms with Gasteiger partial charge in [-0.05, 0) is 44.8 Å². The second kappa shape index (κ2) is 6.80. The number of likely N-dealkylation sites (tertiary alicyclic amines) is 1. The highest BCUT2D eigenvalue weighted by atomic mass is 16.1. The fraction of sp³-hybridized carbons (Fsp3) is 0.909. The first-order chi connectivity index (χ1) is 7.26. The molecule has 1 aliphatic rings. The Morgan fingerprint density at radius 1 is 1.47 bits per heavy atom. The summed E-state index contributed by atoms with van der Waals surface area (Å²) in [7, 11) is 0. The Kier molecular flexibility index (Phi) is 5.65. The van der Waals surface area contributed by atoms with Crippen LogP contribution in [0.2, 0.25) is 0 Å². The van der Waals surface area contributed by atoms with E-state index >= 15 is 0 Å². The maximum absolute atomic E-state index is 10.9. The minimum absolute atomic E-state index is 0.0407. The summed E-state index contributed by atoms with van der Waals surface area (Å²) in [5.41, 5.74) is 5.21. The standard InChI is InChI=1S/C11H23N3O/c1-2-14-7-4-10(5-8-14)3-6-13-11(15)9-12/h10H,2-9,12H2,1H3,(H,13,15). The third-order valence-corrected chi connectivity index (χ3v) is 3.21. The van der Waals surface area contributed by atoms with Crippen molar-refractivity contribution in [1.29, 1.82) is 0 Å². The molecule has 0 spiro atoms. The van der Waals surface area contributed by atoms with E-state index in [4.69, 9.17) is 5.73 Å². The molecule has 1 aliphatic heterocycles. The van der Waals surface area contributed by atoms with Crippen molar-refractivity contribution in [3.05, 3.63) is 0 Å². The highest BCUT2D eigenvalue weighted by Crippen LogP contribution is 2.19. The Bertz CT molecular complexity index is 188. The molecule has 0 bridgehead atoms. The molecule has 4 nitrogen and oxygen atoms in total. The summed E-state index contributed by atoms with van der Waals surface area (Å²) in [5, 5.41) is 2.83. The van der Waals surface area contributed by atoms with Crippen LogP contribution < -0.4 is 11.1 Å². The molecule has 0 aromatic carbocycles. The van der Waals surface area contributed by atoms with Gasteiger partial charge in [0.2, 0.25) is 5.91 Å². The SMILES string of the molecule is CCN1CCC(CCNC(=O)CN)CC1. The molecule has 0 atom stereocenters. The Balaban J connectivity index is 2.06. The third kappa shape index (κ3) is 4.62. The highest BCUT2D eigenvalue weighted by molar-refractivity contribution is 5.77. The molecule has 1 amide bonds. The molecule has 1 fully saturated rings. The average Bonchev–Trinajstić information content (AvgIpc) is 2.29. The lowest BCUT2D eigenvalue weighted by Gasteiger charge is -2.30. The molecule has 1 heterocycles. The van der Waals surface area contributed by atoms with Crippen molar-refractivity contribution in [3.63, 3.8) is 0 Å². The third-order valence-electron chi connectivity index (χ3n) is 3.21. The fourth-order valence-corrected chi connectivity index (χ4v) is 2.08. The smallest absolute Gasteiger partial charge is 0.233 e. The maximum atomic E-state index is 10.9. The number of nitrogens with one attached hydrogen (secondary N) is 1. The number of rotatable bonds is 5. The lowest BCUT2D eigenvalue weighted by atomic mass is 9.93. The van der Waals surface area contributed by atoms with Crippen LogP contribution in [0.25, 0.3) is 0 Å². The van der Waals surface area contributed by atoms with Crippen LogP contribution >= 0.6 is 0 Å². The summed E-state index contributed by atoms with van der Waals surface area (Å²) in [4.78, 5) is 13.4. The van der Waals surface area contributed by atoms with Crippen LogP contribution in [-0.2, 0) is 4.79 Å². The normalized spacial score (nSPS) is 19.1. The number of hydrogen-bond acceptors (Lipinski definition) is 3. The zero-order chi connectivity index (χ0) is 11.1. The molecule has 4 heteroatoms. The zero-order valence-electron chi connectivity index (χ0n) is 9.67. The highest BCUT2D eigenvalue weighted by Gasteiger charge is 2.17. The van der Waals surface area contributed by atoms with Gasteiger partial charge in [0.15, 0.2) is 0 Å². The Morgan fingerprint density at radius 3 is 2.67 bits per heavy atom. The van der Waals surface area contributed by atoms with Crippen LogP contribution in [0.1, 0.15) is 26.2 Å². The second-order valence-electron chi connectivity index (χ2n) is 4.22. The van der Waals surface area contributed by atoms with Crippen molar-refractivity contribution in [2.75, 3.05) is 32.7 Å². The first-order valence-electron chi connectivity index (χ1n) is 5.95. The van der Waals surface area contributed by atoms with Crippen molar-refractivity contribution in [2.45, 2.75) is 26.2 Å².